The Balaban J connectivity index is 1.67. The van der Waals surface area contributed by atoms with Gasteiger partial charge in [0.15, 0.2) is 0 Å². The molecule has 3 aliphatic rings. The van der Waals surface area contributed by atoms with E-state index in [1.54, 1.807) is 12.1 Å². The lowest BCUT2D eigenvalue weighted by Crippen LogP contribution is -2.57. The summed E-state index contributed by atoms with van der Waals surface area (Å²) in [5.74, 6) is 0.698. The molecular weight excluding hydrogens is 337 g/mol. The van der Waals surface area contributed by atoms with Crippen molar-refractivity contribution in [3.8, 4) is 5.75 Å². The molecule has 2 heterocycles. The van der Waals surface area contributed by atoms with Crippen molar-refractivity contribution in [3.05, 3.63) is 27.7 Å². The average Bonchev–Trinajstić information content (AvgIpc) is 2.56. The smallest absolute Gasteiger partial charge is 0.144 e. The lowest BCUT2D eigenvalue weighted by atomic mass is 9.75. The molecule has 1 N–H and O–H groups in total. The molecule has 1 aromatic carbocycles. The normalized spacial score (nSPS) is 34.4. The molecular formula is C17H21Cl2NO3. The van der Waals surface area contributed by atoms with Gasteiger partial charge in [0, 0.05) is 35.6 Å². The van der Waals surface area contributed by atoms with E-state index < -0.39 is 6.10 Å². The molecule has 4 atom stereocenters. The fourth-order valence-electron chi connectivity index (χ4n) is 4.27. The van der Waals surface area contributed by atoms with E-state index in [1.807, 2.05) is 0 Å². The zero-order valence-electron chi connectivity index (χ0n) is 12.9. The Bertz CT molecular complexity index is 591. The molecule has 2 aliphatic heterocycles. The fraction of sp³-hybridized carbons (Fsp3) is 0.647. The number of halogens is 2. The van der Waals surface area contributed by atoms with Gasteiger partial charge in [-0.1, -0.05) is 29.6 Å². The van der Waals surface area contributed by atoms with Gasteiger partial charge < -0.3 is 14.6 Å². The maximum absolute atomic E-state index is 10.9. The lowest BCUT2D eigenvalue weighted by molar-refractivity contribution is -0.0868. The highest BCUT2D eigenvalue weighted by Gasteiger charge is 2.46. The number of nitrogens with zero attached hydrogens (tertiary/aromatic N) is 1. The number of morpholine rings is 1. The Kier molecular flexibility index (Phi) is 4.45. The van der Waals surface area contributed by atoms with Crippen LogP contribution in [0.1, 0.15) is 30.9 Å². The molecule has 0 amide bonds. The van der Waals surface area contributed by atoms with Crippen LogP contribution < -0.4 is 4.74 Å². The lowest BCUT2D eigenvalue weighted by Gasteiger charge is -2.48. The molecule has 0 spiro atoms. The van der Waals surface area contributed by atoms with Crippen molar-refractivity contribution < 1.29 is 14.6 Å². The molecule has 1 aliphatic carbocycles. The number of rotatable bonds is 1. The fourth-order valence-corrected chi connectivity index (χ4v) is 4.82. The minimum Gasteiger partial charge on any atom is -0.486 e. The first kappa shape index (κ1) is 16.0. The largest absolute Gasteiger partial charge is 0.486 e. The number of aliphatic hydroxyl groups is 1. The van der Waals surface area contributed by atoms with E-state index in [0.717, 1.165) is 51.1 Å². The van der Waals surface area contributed by atoms with Crippen LogP contribution >= 0.6 is 23.2 Å². The molecule has 4 nitrogen and oxygen atoms in total. The summed E-state index contributed by atoms with van der Waals surface area (Å²) in [5.41, 5.74) is 0.728. The van der Waals surface area contributed by atoms with Gasteiger partial charge in [0.1, 0.15) is 11.9 Å². The highest BCUT2D eigenvalue weighted by atomic mass is 35.5. The number of aliphatic hydroxyl groups excluding tert-OH is 1. The Labute approximate surface area is 146 Å². The van der Waals surface area contributed by atoms with Crippen LogP contribution in [0.25, 0.3) is 0 Å². The van der Waals surface area contributed by atoms with Crippen LogP contribution in [0.5, 0.6) is 5.75 Å². The highest BCUT2D eigenvalue weighted by Crippen LogP contribution is 2.49. The topological polar surface area (TPSA) is 41.9 Å². The summed E-state index contributed by atoms with van der Waals surface area (Å²) >= 11 is 12.4. The van der Waals surface area contributed by atoms with Gasteiger partial charge in [-0.25, -0.2) is 0 Å². The van der Waals surface area contributed by atoms with Gasteiger partial charge in [0.25, 0.3) is 0 Å². The second-order valence-corrected chi connectivity index (χ2v) is 7.49. The van der Waals surface area contributed by atoms with Crippen molar-refractivity contribution in [2.75, 3.05) is 26.3 Å². The summed E-state index contributed by atoms with van der Waals surface area (Å²) in [7, 11) is 0. The van der Waals surface area contributed by atoms with E-state index in [9.17, 15) is 5.11 Å². The first-order valence-corrected chi connectivity index (χ1v) is 9.06. The number of hydrogen-bond acceptors (Lipinski definition) is 4. The summed E-state index contributed by atoms with van der Waals surface area (Å²) in [4.78, 5) is 2.45. The average molecular weight is 358 g/mol. The van der Waals surface area contributed by atoms with E-state index in [2.05, 4.69) is 4.90 Å². The van der Waals surface area contributed by atoms with Crippen molar-refractivity contribution in [2.45, 2.75) is 37.5 Å². The molecule has 4 unspecified atom stereocenters. The van der Waals surface area contributed by atoms with Crippen molar-refractivity contribution in [3.63, 3.8) is 0 Å². The Morgan fingerprint density at radius 1 is 1.13 bits per heavy atom. The third kappa shape index (κ3) is 2.85. The third-order valence-corrected chi connectivity index (χ3v) is 5.87. The van der Waals surface area contributed by atoms with Gasteiger partial charge in [-0.3, -0.25) is 4.90 Å². The molecule has 1 aromatic rings. The van der Waals surface area contributed by atoms with Crippen LogP contribution in [-0.2, 0) is 4.74 Å². The summed E-state index contributed by atoms with van der Waals surface area (Å²) < 4.78 is 11.8. The van der Waals surface area contributed by atoms with Crippen LogP contribution in [0.4, 0.5) is 0 Å². The minimum atomic E-state index is -0.566. The predicted molar refractivity (Wildman–Crippen MR) is 89.4 cm³/mol. The van der Waals surface area contributed by atoms with E-state index in [1.165, 1.54) is 0 Å². The summed E-state index contributed by atoms with van der Waals surface area (Å²) in [6.45, 7) is 3.38. The van der Waals surface area contributed by atoms with Gasteiger partial charge in [-0.15, -0.1) is 0 Å². The predicted octanol–water partition coefficient (Wildman–Crippen LogP) is 3.29. The monoisotopic (exact) mass is 357 g/mol. The third-order valence-electron chi connectivity index (χ3n) is 5.37. The SMILES string of the molecule is OC1c2cc(Cl)cc(Cl)c2OC2C1CCCC2N1CCOCC1. The van der Waals surface area contributed by atoms with Crippen molar-refractivity contribution in [2.24, 2.45) is 5.92 Å². The number of hydrogen-bond donors (Lipinski definition) is 1. The number of benzene rings is 1. The van der Waals surface area contributed by atoms with Crippen molar-refractivity contribution in [1.29, 1.82) is 0 Å². The standard InChI is InChI=1S/C17H21Cl2NO3/c18-10-8-12-15(21)11-2-1-3-14(20-4-6-22-7-5-20)17(11)23-16(12)13(19)9-10/h8-9,11,14-15,17,21H,1-7H2. The van der Waals surface area contributed by atoms with E-state index in [4.69, 9.17) is 32.7 Å². The van der Waals surface area contributed by atoms with Gasteiger partial charge >= 0.3 is 0 Å². The Hall–Kier alpha value is -0.520. The summed E-state index contributed by atoms with van der Waals surface area (Å²) in [6, 6.07) is 3.77. The van der Waals surface area contributed by atoms with Crippen LogP contribution in [0.3, 0.4) is 0 Å². The van der Waals surface area contributed by atoms with E-state index in [0.29, 0.717) is 21.8 Å². The summed E-state index contributed by atoms with van der Waals surface area (Å²) in [6.07, 6.45) is 2.57. The molecule has 4 rings (SSSR count). The second kappa shape index (κ2) is 6.41. The van der Waals surface area contributed by atoms with Crippen molar-refractivity contribution in [1.82, 2.24) is 4.90 Å². The van der Waals surface area contributed by atoms with Gasteiger partial charge in [0.05, 0.1) is 24.3 Å². The molecule has 126 valence electrons. The molecule has 1 saturated heterocycles. The van der Waals surface area contributed by atoms with Crippen LogP contribution in [0, 0.1) is 5.92 Å². The molecule has 0 radical (unpaired) electrons. The Morgan fingerprint density at radius 2 is 1.91 bits per heavy atom. The minimum absolute atomic E-state index is 0.0250. The van der Waals surface area contributed by atoms with Crippen LogP contribution in [0.15, 0.2) is 12.1 Å². The first-order chi connectivity index (χ1) is 11.1. The molecule has 0 bridgehead atoms. The molecule has 23 heavy (non-hydrogen) atoms. The molecule has 2 fully saturated rings. The maximum Gasteiger partial charge on any atom is 0.144 e. The molecule has 1 saturated carbocycles. The molecule has 6 heteroatoms. The van der Waals surface area contributed by atoms with Crippen LogP contribution in [0.2, 0.25) is 10.0 Å². The van der Waals surface area contributed by atoms with E-state index >= 15 is 0 Å². The highest BCUT2D eigenvalue weighted by molar-refractivity contribution is 6.35. The quantitative estimate of drug-likeness (QED) is 0.837. The van der Waals surface area contributed by atoms with Crippen molar-refractivity contribution >= 4 is 23.2 Å². The Morgan fingerprint density at radius 3 is 2.70 bits per heavy atom. The number of fused-ring (bicyclic) bond motifs is 2. The van der Waals surface area contributed by atoms with Gasteiger partial charge in [0.2, 0.25) is 0 Å². The summed E-state index contributed by atoms with van der Waals surface area (Å²) in [5, 5.41) is 11.9. The van der Waals surface area contributed by atoms with Gasteiger partial charge in [-0.2, -0.15) is 0 Å². The second-order valence-electron chi connectivity index (χ2n) is 6.64. The van der Waals surface area contributed by atoms with Crippen LogP contribution in [-0.4, -0.2) is 48.5 Å². The van der Waals surface area contributed by atoms with Gasteiger partial charge in [-0.05, 0) is 25.0 Å². The zero-order chi connectivity index (χ0) is 16.0. The zero-order valence-corrected chi connectivity index (χ0v) is 14.4. The molecule has 0 aromatic heterocycles. The maximum atomic E-state index is 10.9. The van der Waals surface area contributed by atoms with E-state index in [-0.39, 0.29) is 12.0 Å². The number of ether oxygens (including phenoxy) is 2. The first-order valence-electron chi connectivity index (χ1n) is 8.30.